The molecule has 2 heterocycles. The molecule has 1 saturated heterocycles. The molecule has 1 aromatic rings. The molecule has 0 bridgehead atoms. The fraction of sp³-hybridized carbons (Fsp3) is 0.667. The summed E-state index contributed by atoms with van der Waals surface area (Å²) in [4.78, 5) is 2.38. The standard InChI is InChI=1S/C12H19NOS/c1-10-2-5-13(8-12(10)14)6-3-11-4-7-15-9-11/h4,7,9-10,12,14H,2-3,5-6,8H2,1H3. The molecule has 0 saturated carbocycles. The van der Waals surface area contributed by atoms with E-state index in [-0.39, 0.29) is 6.10 Å². The lowest BCUT2D eigenvalue weighted by molar-refractivity contribution is 0.0298. The van der Waals surface area contributed by atoms with Crippen LogP contribution in [-0.2, 0) is 6.42 Å². The zero-order valence-electron chi connectivity index (χ0n) is 9.22. The van der Waals surface area contributed by atoms with Crippen molar-refractivity contribution in [2.45, 2.75) is 25.9 Å². The first kappa shape index (κ1) is 11.1. The first-order valence-corrected chi connectivity index (χ1v) is 6.61. The topological polar surface area (TPSA) is 23.5 Å². The molecule has 2 atom stereocenters. The van der Waals surface area contributed by atoms with Crippen LogP contribution in [0.3, 0.4) is 0 Å². The van der Waals surface area contributed by atoms with Crippen LogP contribution in [0.4, 0.5) is 0 Å². The molecule has 2 nitrogen and oxygen atoms in total. The second kappa shape index (κ2) is 5.10. The van der Waals surface area contributed by atoms with Crippen molar-refractivity contribution in [2.24, 2.45) is 5.92 Å². The van der Waals surface area contributed by atoms with Gasteiger partial charge in [0, 0.05) is 13.1 Å². The Morgan fingerprint density at radius 1 is 1.60 bits per heavy atom. The Labute approximate surface area is 95.5 Å². The molecule has 1 aromatic heterocycles. The van der Waals surface area contributed by atoms with E-state index in [0.717, 1.165) is 32.5 Å². The van der Waals surface area contributed by atoms with Gasteiger partial charge in [-0.15, -0.1) is 0 Å². The fourth-order valence-corrected chi connectivity index (χ4v) is 2.74. The van der Waals surface area contributed by atoms with E-state index in [2.05, 4.69) is 28.7 Å². The zero-order valence-corrected chi connectivity index (χ0v) is 10.0. The van der Waals surface area contributed by atoms with Gasteiger partial charge in [-0.3, -0.25) is 0 Å². The molecule has 3 heteroatoms. The summed E-state index contributed by atoms with van der Waals surface area (Å²) >= 11 is 1.76. The molecule has 0 aromatic carbocycles. The lowest BCUT2D eigenvalue weighted by Gasteiger charge is -2.34. The molecule has 0 spiro atoms. The van der Waals surface area contributed by atoms with Crippen molar-refractivity contribution in [3.8, 4) is 0 Å². The van der Waals surface area contributed by atoms with Crippen molar-refractivity contribution < 1.29 is 5.11 Å². The van der Waals surface area contributed by atoms with E-state index in [9.17, 15) is 5.11 Å². The van der Waals surface area contributed by atoms with Crippen LogP contribution < -0.4 is 0 Å². The predicted octanol–water partition coefficient (Wildman–Crippen LogP) is 1.99. The third kappa shape index (κ3) is 3.03. The summed E-state index contributed by atoms with van der Waals surface area (Å²) < 4.78 is 0. The summed E-state index contributed by atoms with van der Waals surface area (Å²) in [5, 5.41) is 14.1. The van der Waals surface area contributed by atoms with Crippen LogP contribution in [-0.4, -0.2) is 35.7 Å². The highest BCUT2D eigenvalue weighted by atomic mass is 32.1. The largest absolute Gasteiger partial charge is 0.392 e. The van der Waals surface area contributed by atoms with Crippen LogP contribution in [0.2, 0.25) is 0 Å². The SMILES string of the molecule is CC1CCN(CCc2ccsc2)CC1O. The number of rotatable bonds is 3. The van der Waals surface area contributed by atoms with Crippen LogP contribution in [0.1, 0.15) is 18.9 Å². The Kier molecular flexibility index (Phi) is 3.78. The molecule has 0 amide bonds. The summed E-state index contributed by atoms with van der Waals surface area (Å²) in [5.74, 6) is 0.474. The summed E-state index contributed by atoms with van der Waals surface area (Å²) in [6, 6.07) is 2.19. The van der Waals surface area contributed by atoms with Gasteiger partial charge in [-0.2, -0.15) is 11.3 Å². The Morgan fingerprint density at radius 3 is 3.13 bits per heavy atom. The molecule has 0 aliphatic carbocycles. The molecule has 1 N–H and O–H groups in total. The number of thiophene rings is 1. The van der Waals surface area contributed by atoms with E-state index in [1.165, 1.54) is 5.56 Å². The van der Waals surface area contributed by atoms with Gasteiger partial charge < -0.3 is 10.0 Å². The highest BCUT2D eigenvalue weighted by Gasteiger charge is 2.23. The monoisotopic (exact) mass is 225 g/mol. The molecule has 84 valence electrons. The van der Waals surface area contributed by atoms with Gasteiger partial charge in [-0.25, -0.2) is 0 Å². The Balaban J connectivity index is 1.76. The maximum absolute atomic E-state index is 9.77. The molecule has 0 radical (unpaired) electrons. The van der Waals surface area contributed by atoms with Crippen molar-refractivity contribution in [1.82, 2.24) is 4.90 Å². The minimum Gasteiger partial charge on any atom is -0.392 e. The highest BCUT2D eigenvalue weighted by Crippen LogP contribution is 2.17. The lowest BCUT2D eigenvalue weighted by atomic mass is 9.96. The Hall–Kier alpha value is -0.380. The molecular weight excluding hydrogens is 206 g/mol. The molecule has 1 aliphatic heterocycles. The molecule has 1 aliphatic rings. The van der Waals surface area contributed by atoms with Crippen LogP contribution in [0, 0.1) is 5.92 Å². The van der Waals surface area contributed by atoms with Crippen LogP contribution in [0.15, 0.2) is 16.8 Å². The Morgan fingerprint density at radius 2 is 2.47 bits per heavy atom. The van der Waals surface area contributed by atoms with E-state index in [1.54, 1.807) is 11.3 Å². The van der Waals surface area contributed by atoms with E-state index in [4.69, 9.17) is 0 Å². The van der Waals surface area contributed by atoms with E-state index >= 15 is 0 Å². The smallest absolute Gasteiger partial charge is 0.0693 e. The molecule has 2 rings (SSSR count). The van der Waals surface area contributed by atoms with E-state index in [0.29, 0.717) is 5.92 Å². The highest BCUT2D eigenvalue weighted by molar-refractivity contribution is 7.07. The summed E-state index contributed by atoms with van der Waals surface area (Å²) in [6.45, 7) is 5.22. The van der Waals surface area contributed by atoms with Gasteiger partial charge in [0.05, 0.1) is 6.10 Å². The average molecular weight is 225 g/mol. The maximum atomic E-state index is 9.77. The number of aliphatic hydroxyl groups is 1. The molecular formula is C12H19NOS. The quantitative estimate of drug-likeness (QED) is 0.850. The predicted molar refractivity (Wildman–Crippen MR) is 64.3 cm³/mol. The normalized spacial score (nSPS) is 28.1. The van der Waals surface area contributed by atoms with Crippen molar-refractivity contribution in [1.29, 1.82) is 0 Å². The van der Waals surface area contributed by atoms with Crippen molar-refractivity contribution in [3.63, 3.8) is 0 Å². The number of β-amino-alcohol motifs (C(OH)–C–C–N with tert-alkyl or cyclic N) is 1. The number of nitrogens with zero attached hydrogens (tertiary/aromatic N) is 1. The number of likely N-dealkylation sites (tertiary alicyclic amines) is 1. The second-order valence-electron chi connectivity index (χ2n) is 4.52. The second-order valence-corrected chi connectivity index (χ2v) is 5.30. The van der Waals surface area contributed by atoms with Crippen molar-refractivity contribution in [3.05, 3.63) is 22.4 Å². The van der Waals surface area contributed by atoms with Gasteiger partial charge >= 0.3 is 0 Å². The van der Waals surface area contributed by atoms with Crippen molar-refractivity contribution in [2.75, 3.05) is 19.6 Å². The first-order chi connectivity index (χ1) is 7.25. The third-order valence-electron chi connectivity index (χ3n) is 3.30. The minimum absolute atomic E-state index is 0.124. The number of aliphatic hydroxyl groups excluding tert-OH is 1. The van der Waals surface area contributed by atoms with Crippen molar-refractivity contribution >= 4 is 11.3 Å². The fourth-order valence-electron chi connectivity index (χ4n) is 2.04. The minimum atomic E-state index is -0.124. The molecule has 2 unspecified atom stereocenters. The number of piperidine rings is 1. The Bertz CT molecular complexity index is 286. The third-order valence-corrected chi connectivity index (χ3v) is 4.03. The number of hydrogen-bond acceptors (Lipinski definition) is 3. The van der Waals surface area contributed by atoms with Crippen LogP contribution in [0.25, 0.3) is 0 Å². The van der Waals surface area contributed by atoms with Gasteiger partial charge in [0.1, 0.15) is 0 Å². The van der Waals surface area contributed by atoms with Gasteiger partial charge in [0.15, 0.2) is 0 Å². The lowest BCUT2D eigenvalue weighted by Crippen LogP contribution is -2.43. The van der Waals surface area contributed by atoms with Gasteiger partial charge in [0.2, 0.25) is 0 Å². The number of hydrogen-bond donors (Lipinski definition) is 1. The van der Waals surface area contributed by atoms with Gasteiger partial charge in [0.25, 0.3) is 0 Å². The first-order valence-electron chi connectivity index (χ1n) is 5.67. The molecule has 1 fully saturated rings. The van der Waals surface area contributed by atoms with E-state index < -0.39 is 0 Å². The molecule has 15 heavy (non-hydrogen) atoms. The van der Waals surface area contributed by atoms with Gasteiger partial charge in [-0.1, -0.05) is 6.92 Å². The summed E-state index contributed by atoms with van der Waals surface area (Å²) in [5.41, 5.74) is 1.42. The van der Waals surface area contributed by atoms with Crippen LogP contribution >= 0.6 is 11.3 Å². The summed E-state index contributed by atoms with van der Waals surface area (Å²) in [7, 11) is 0. The van der Waals surface area contributed by atoms with Gasteiger partial charge in [-0.05, 0) is 47.7 Å². The summed E-state index contributed by atoms with van der Waals surface area (Å²) in [6.07, 6.45) is 2.12. The average Bonchev–Trinajstić information content (AvgIpc) is 2.73. The van der Waals surface area contributed by atoms with E-state index in [1.807, 2.05) is 0 Å². The zero-order chi connectivity index (χ0) is 10.7. The van der Waals surface area contributed by atoms with Crippen LogP contribution in [0.5, 0.6) is 0 Å². The maximum Gasteiger partial charge on any atom is 0.0693 e.